The molecule has 5 nitrogen and oxygen atoms in total. The second-order valence-corrected chi connectivity index (χ2v) is 7.21. The standard InChI is InChI=1S/C20H27N3O2/c1-21(2)19(24)15-23-18-11-10-17(20(23)25)13-22(14-18)12-6-9-16-7-4-3-5-8-16/h3-9,17-18H,10-15H2,1-2H3/t17-,18+/m0/s1. The fraction of sp³-hybridized carbons (Fsp3) is 0.500. The minimum atomic E-state index is -0.00331. The highest BCUT2D eigenvalue weighted by atomic mass is 16.2. The molecule has 134 valence electrons. The molecule has 2 bridgehead atoms. The Kier molecular flexibility index (Phi) is 5.53. The molecule has 0 aromatic heterocycles. The lowest BCUT2D eigenvalue weighted by atomic mass is 9.94. The average molecular weight is 341 g/mol. The van der Waals surface area contributed by atoms with E-state index >= 15 is 0 Å². The minimum absolute atomic E-state index is 0.00331. The highest BCUT2D eigenvalue weighted by Gasteiger charge is 2.41. The smallest absolute Gasteiger partial charge is 0.241 e. The number of carbonyl (C=O) groups excluding carboxylic acids is 2. The molecule has 25 heavy (non-hydrogen) atoms. The molecule has 3 heterocycles. The fourth-order valence-electron chi connectivity index (χ4n) is 3.68. The predicted molar refractivity (Wildman–Crippen MR) is 98.8 cm³/mol. The molecule has 4 rings (SSSR count). The van der Waals surface area contributed by atoms with Crippen LogP contribution in [-0.2, 0) is 9.59 Å². The molecule has 0 N–H and O–H groups in total. The van der Waals surface area contributed by atoms with Crippen molar-refractivity contribution in [3.63, 3.8) is 0 Å². The zero-order chi connectivity index (χ0) is 17.8. The van der Waals surface area contributed by atoms with E-state index in [0.717, 1.165) is 32.5 Å². The molecular formula is C20H27N3O2. The Morgan fingerprint density at radius 2 is 1.96 bits per heavy atom. The second-order valence-electron chi connectivity index (χ2n) is 7.21. The number of piperidine rings is 1. The number of hydrogen-bond acceptors (Lipinski definition) is 3. The molecule has 1 aromatic carbocycles. The third kappa shape index (κ3) is 4.28. The van der Waals surface area contributed by atoms with Gasteiger partial charge in [0.15, 0.2) is 0 Å². The van der Waals surface area contributed by atoms with Crippen LogP contribution in [0.1, 0.15) is 18.4 Å². The summed E-state index contributed by atoms with van der Waals surface area (Å²) in [6.07, 6.45) is 6.23. The molecule has 1 aromatic rings. The zero-order valence-electron chi connectivity index (χ0n) is 15.1. The molecule has 2 amide bonds. The third-order valence-electron chi connectivity index (χ3n) is 5.15. The summed E-state index contributed by atoms with van der Waals surface area (Å²) >= 11 is 0. The molecule has 0 saturated carbocycles. The van der Waals surface area contributed by atoms with E-state index in [1.54, 1.807) is 19.0 Å². The maximum atomic E-state index is 12.7. The number of rotatable bonds is 5. The van der Waals surface area contributed by atoms with Gasteiger partial charge in [0, 0.05) is 39.8 Å². The van der Waals surface area contributed by atoms with Gasteiger partial charge in [0.2, 0.25) is 11.8 Å². The van der Waals surface area contributed by atoms with E-state index in [9.17, 15) is 9.59 Å². The van der Waals surface area contributed by atoms with Gasteiger partial charge in [-0.2, -0.15) is 0 Å². The molecule has 0 radical (unpaired) electrons. The van der Waals surface area contributed by atoms with Crippen molar-refractivity contribution in [2.45, 2.75) is 18.9 Å². The highest BCUT2D eigenvalue weighted by Crippen LogP contribution is 2.29. The number of amides is 2. The van der Waals surface area contributed by atoms with Crippen LogP contribution < -0.4 is 0 Å². The van der Waals surface area contributed by atoms with Crippen molar-refractivity contribution >= 4 is 17.9 Å². The Labute approximate surface area is 149 Å². The predicted octanol–water partition coefficient (Wildman–Crippen LogP) is 1.71. The third-order valence-corrected chi connectivity index (χ3v) is 5.15. The van der Waals surface area contributed by atoms with Crippen molar-refractivity contribution < 1.29 is 9.59 Å². The Hall–Kier alpha value is -2.14. The van der Waals surface area contributed by atoms with Gasteiger partial charge < -0.3 is 9.80 Å². The van der Waals surface area contributed by atoms with Gasteiger partial charge in [-0.15, -0.1) is 0 Å². The van der Waals surface area contributed by atoms with Crippen molar-refractivity contribution in [2.75, 3.05) is 40.3 Å². The van der Waals surface area contributed by atoms with Crippen molar-refractivity contribution in [3.8, 4) is 0 Å². The lowest BCUT2D eigenvalue weighted by Gasteiger charge is -2.36. The fourth-order valence-corrected chi connectivity index (χ4v) is 3.68. The molecule has 3 saturated heterocycles. The van der Waals surface area contributed by atoms with Gasteiger partial charge >= 0.3 is 0 Å². The average Bonchev–Trinajstić information content (AvgIpc) is 2.88. The largest absolute Gasteiger partial charge is 0.347 e. The van der Waals surface area contributed by atoms with Crippen LogP contribution in [0, 0.1) is 5.92 Å². The summed E-state index contributed by atoms with van der Waals surface area (Å²) < 4.78 is 0. The summed E-state index contributed by atoms with van der Waals surface area (Å²) in [5.74, 6) is 0.177. The van der Waals surface area contributed by atoms with Crippen molar-refractivity contribution in [2.24, 2.45) is 5.92 Å². The van der Waals surface area contributed by atoms with Crippen LogP contribution in [0.4, 0.5) is 0 Å². The van der Waals surface area contributed by atoms with E-state index in [4.69, 9.17) is 0 Å². The normalized spacial score (nSPS) is 23.9. The quantitative estimate of drug-likeness (QED) is 0.819. The molecular weight excluding hydrogens is 314 g/mol. The lowest BCUT2D eigenvalue weighted by Crippen LogP contribution is -2.51. The molecule has 0 unspecified atom stereocenters. The van der Waals surface area contributed by atoms with Gasteiger partial charge in [0.25, 0.3) is 0 Å². The molecule has 3 aliphatic rings. The van der Waals surface area contributed by atoms with E-state index in [1.807, 2.05) is 23.1 Å². The second kappa shape index (κ2) is 7.83. The Morgan fingerprint density at radius 3 is 2.68 bits per heavy atom. The van der Waals surface area contributed by atoms with Crippen LogP contribution in [-0.4, -0.2) is 72.8 Å². The summed E-state index contributed by atoms with van der Waals surface area (Å²) in [6.45, 7) is 2.69. The molecule has 3 aliphatic heterocycles. The maximum Gasteiger partial charge on any atom is 0.241 e. The first-order chi connectivity index (χ1) is 12.0. The van der Waals surface area contributed by atoms with Gasteiger partial charge in [0.1, 0.15) is 6.54 Å². The molecule has 3 fully saturated rings. The first kappa shape index (κ1) is 17.7. The zero-order valence-corrected chi connectivity index (χ0v) is 15.1. The number of carbonyl (C=O) groups is 2. The van der Waals surface area contributed by atoms with Crippen LogP contribution in [0.3, 0.4) is 0 Å². The molecule has 0 spiro atoms. The Morgan fingerprint density at radius 1 is 1.20 bits per heavy atom. The number of nitrogens with zero attached hydrogens (tertiary/aromatic N) is 3. The monoisotopic (exact) mass is 341 g/mol. The van der Waals surface area contributed by atoms with Gasteiger partial charge in [-0.3, -0.25) is 14.5 Å². The summed E-state index contributed by atoms with van der Waals surface area (Å²) in [7, 11) is 3.48. The number of benzene rings is 1. The Balaban J connectivity index is 1.63. The highest BCUT2D eigenvalue weighted by molar-refractivity contribution is 5.86. The summed E-state index contributed by atoms with van der Waals surface area (Å²) in [4.78, 5) is 30.5. The first-order valence-electron chi connectivity index (χ1n) is 8.99. The van der Waals surface area contributed by atoms with Crippen molar-refractivity contribution in [1.29, 1.82) is 0 Å². The van der Waals surface area contributed by atoms with E-state index in [0.29, 0.717) is 0 Å². The van der Waals surface area contributed by atoms with Crippen LogP contribution >= 0.6 is 0 Å². The van der Waals surface area contributed by atoms with Gasteiger partial charge in [0.05, 0.1) is 5.92 Å². The molecule has 2 atom stereocenters. The van der Waals surface area contributed by atoms with E-state index in [2.05, 4.69) is 29.2 Å². The topological polar surface area (TPSA) is 43.9 Å². The summed E-state index contributed by atoms with van der Waals surface area (Å²) in [5, 5.41) is 0. The van der Waals surface area contributed by atoms with E-state index in [-0.39, 0.29) is 30.3 Å². The van der Waals surface area contributed by atoms with Gasteiger partial charge in [-0.25, -0.2) is 0 Å². The SMILES string of the molecule is CN(C)C(=O)CN1C(=O)[C@H]2CC[C@@H]1CN(CC=Cc1ccccc1)C2. The first-order valence-corrected chi connectivity index (χ1v) is 8.99. The van der Waals surface area contributed by atoms with Crippen LogP contribution in [0.15, 0.2) is 36.4 Å². The van der Waals surface area contributed by atoms with E-state index in [1.165, 1.54) is 5.56 Å². The molecule has 5 heteroatoms. The Bertz CT molecular complexity index is 642. The van der Waals surface area contributed by atoms with Gasteiger partial charge in [-0.05, 0) is 18.4 Å². The van der Waals surface area contributed by atoms with Gasteiger partial charge in [-0.1, -0.05) is 42.5 Å². The van der Waals surface area contributed by atoms with Crippen LogP contribution in [0.25, 0.3) is 6.08 Å². The summed E-state index contributed by atoms with van der Waals surface area (Å²) in [6, 6.07) is 10.4. The molecule has 0 aliphatic carbocycles. The van der Waals surface area contributed by atoms with Crippen molar-refractivity contribution in [1.82, 2.24) is 14.7 Å². The summed E-state index contributed by atoms with van der Waals surface area (Å²) in [5.41, 5.74) is 1.19. The maximum absolute atomic E-state index is 12.7. The number of fused-ring (bicyclic) bond motifs is 4. The van der Waals surface area contributed by atoms with E-state index < -0.39 is 0 Å². The van der Waals surface area contributed by atoms with Crippen LogP contribution in [0.5, 0.6) is 0 Å². The van der Waals surface area contributed by atoms with Crippen LogP contribution in [0.2, 0.25) is 0 Å². The van der Waals surface area contributed by atoms with Crippen molar-refractivity contribution in [3.05, 3.63) is 42.0 Å². The lowest BCUT2D eigenvalue weighted by molar-refractivity contribution is -0.145. The number of hydrogen-bond donors (Lipinski definition) is 0. The minimum Gasteiger partial charge on any atom is -0.347 e. The number of likely N-dealkylation sites (N-methyl/N-ethyl adjacent to an activating group) is 1.